The smallest absolute Gasteiger partial charge is 0.319 e. The molecule has 3 aromatic rings. The van der Waals surface area contributed by atoms with Crippen LogP contribution in [0.4, 0.5) is 10.5 Å². The fourth-order valence-electron chi connectivity index (χ4n) is 3.38. The van der Waals surface area contributed by atoms with E-state index in [1.807, 2.05) is 67.1 Å². The van der Waals surface area contributed by atoms with Crippen LogP contribution in [0.1, 0.15) is 25.5 Å². The summed E-state index contributed by atoms with van der Waals surface area (Å²) in [7, 11) is 5.06. The summed E-state index contributed by atoms with van der Waals surface area (Å²) in [4.78, 5) is 26.1. The summed E-state index contributed by atoms with van der Waals surface area (Å²) in [6.45, 7) is 4.63. The van der Waals surface area contributed by atoms with Crippen molar-refractivity contribution in [3.63, 3.8) is 0 Å². The topological polar surface area (TPSA) is 84.8 Å². The SMILES string of the molecule is CCOc1ccc(C(C)NC(=O)Nc2ccc3c(ccn3CC(=O)N(C)C)c2)cc1OC. The predicted octanol–water partition coefficient (Wildman–Crippen LogP) is 4.02. The monoisotopic (exact) mass is 438 g/mol. The van der Waals surface area contributed by atoms with Crippen LogP contribution in [0.2, 0.25) is 0 Å². The van der Waals surface area contributed by atoms with Gasteiger partial charge in [-0.2, -0.15) is 0 Å². The minimum absolute atomic E-state index is 0.0176. The summed E-state index contributed by atoms with van der Waals surface area (Å²) in [5.74, 6) is 1.31. The second-order valence-electron chi connectivity index (χ2n) is 7.67. The van der Waals surface area contributed by atoms with Crippen LogP contribution in [0, 0.1) is 0 Å². The molecule has 1 atom stereocenters. The summed E-state index contributed by atoms with van der Waals surface area (Å²) in [5.41, 5.74) is 2.50. The van der Waals surface area contributed by atoms with E-state index in [2.05, 4.69) is 10.6 Å². The molecule has 32 heavy (non-hydrogen) atoms. The van der Waals surface area contributed by atoms with Crippen LogP contribution in [0.3, 0.4) is 0 Å². The molecule has 1 unspecified atom stereocenters. The van der Waals surface area contributed by atoms with Gasteiger partial charge in [0.05, 0.1) is 19.8 Å². The summed E-state index contributed by atoms with van der Waals surface area (Å²) >= 11 is 0. The van der Waals surface area contributed by atoms with E-state index in [1.165, 1.54) is 0 Å². The van der Waals surface area contributed by atoms with Crippen LogP contribution in [-0.4, -0.2) is 49.2 Å². The molecule has 0 radical (unpaired) electrons. The Balaban J connectivity index is 1.66. The van der Waals surface area contributed by atoms with Gasteiger partial charge in [-0.15, -0.1) is 0 Å². The average molecular weight is 439 g/mol. The first-order valence-corrected chi connectivity index (χ1v) is 10.5. The lowest BCUT2D eigenvalue weighted by atomic mass is 10.1. The van der Waals surface area contributed by atoms with Crippen molar-refractivity contribution in [1.82, 2.24) is 14.8 Å². The summed E-state index contributed by atoms with van der Waals surface area (Å²) in [5, 5.41) is 6.75. The number of nitrogens with one attached hydrogen (secondary N) is 2. The van der Waals surface area contributed by atoms with Gasteiger partial charge in [-0.05, 0) is 55.8 Å². The number of likely N-dealkylation sites (N-methyl/N-ethyl adjacent to an activating group) is 1. The number of ether oxygens (including phenoxy) is 2. The molecule has 3 amide bonds. The number of urea groups is 1. The number of hydrogen-bond acceptors (Lipinski definition) is 4. The highest BCUT2D eigenvalue weighted by atomic mass is 16.5. The van der Waals surface area contributed by atoms with Gasteiger partial charge in [0, 0.05) is 36.9 Å². The third kappa shape index (κ3) is 5.32. The first-order chi connectivity index (χ1) is 15.3. The summed E-state index contributed by atoms with van der Waals surface area (Å²) in [6.07, 6.45) is 1.87. The standard InChI is InChI=1S/C24H30N4O4/c1-6-32-21-10-7-17(14-22(21)31-5)16(2)25-24(30)26-19-8-9-20-18(13-19)11-12-28(20)15-23(29)27(3)4/h7-14,16H,6,15H2,1-5H3,(H2,25,26,30). The van der Waals surface area contributed by atoms with Crippen molar-refractivity contribution in [2.45, 2.75) is 26.4 Å². The maximum atomic E-state index is 12.5. The number of nitrogens with zero attached hydrogens (tertiary/aromatic N) is 2. The van der Waals surface area contributed by atoms with Gasteiger partial charge in [-0.1, -0.05) is 6.07 Å². The Labute approximate surface area is 188 Å². The van der Waals surface area contributed by atoms with E-state index in [0.29, 0.717) is 23.8 Å². The molecule has 0 saturated heterocycles. The van der Waals surface area contributed by atoms with Crippen molar-refractivity contribution in [1.29, 1.82) is 0 Å². The van der Waals surface area contributed by atoms with Crippen LogP contribution in [0.25, 0.3) is 10.9 Å². The number of benzene rings is 2. The lowest BCUT2D eigenvalue weighted by Gasteiger charge is -2.17. The van der Waals surface area contributed by atoms with Crippen LogP contribution in [0.15, 0.2) is 48.7 Å². The van der Waals surface area contributed by atoms with Crippen LogP contribution >= 0.6 is 0 Å². The van der Waals surface area contributed by atoms with Crippen LogP contribution in [-0.2, 0) is 11.3 Å². The lowest BCUT2D eigenvalue weighted by Crippen LogP contribution is -2.31. The second kappa shape index (κ2) is 10.1. The van der Waals surface area contributed by atoms with Crippen molar-refractivity contribution in [2.24, 2.45) is 0 Å². The van der Waals surface area contributed by atoms with Gasteiger partial charge in [-0.3, -0.25) is 4.79 Å². The summed E-state index contributed by atoms with van der Waals surface area (Å²) in [6, 6.07) is 12.6. The molecule has 1 aromatic heterocycles. The highest BCUT2D eigenvalue weighted by Crippen LogP contribution is 2.30. The molecule has 0 saturated carbocycles. The number of fused-ring (bicyclic) bond motifs is 1. The molecule has 3 rings (SSSR count). The van der Waals surface area contributed by atoms with E-state index in [-0.39, 0.29) is 24.5 Å². The van der Waals surface area contributed by atoms with Gasteiger partial charge >= 0.3 is 6.03 Å². The average Bonchev–Trinajstić information content (AvgIpc) is 3.15. The van der Waals surface area contributed by atoms with Crippen LogP contribution < -0.4 is 20.1 Å². The molecule has 0 spiro atoms. The number of anilines is 1. The Bertz CT molecular complexity index is 1110. The highest BCUT2D eigenvalue weighted by Gasteiger charge is 2.14. The quantitative estimate of drug-likeness (QED) is 0.556. The van der Waals surface area contributed by atoms with Gasteiger partial charge in [0.2, 0.25) is 5.91 Å². The molecule has 8 nitrogen and oxygen atoms in total. The molecule has 0 aliphatic carbocycles. The molecule has 0 bridgehead atoms. The molecule has 170 valence electrons. The zero-order valence-electron chi connectivity index (χ0n) is 19.1. The minimum Gasteiger partial charge on any atom is -0.493 e. The van der Waals surface area contributed by atoms with Gasteiger partial charge in [0.1, 0.15) is 6.54 Å². The second-order valence-corrected chi connectivity index (χ2v) is 7.67. The number of carbonyl (C=O) groups is 2. The Morgan fingerprint density at radius 3 is 2.56 bits per heavy atom. The molecule has 8 heteroatoms. The third-order valence-electron chi connectivity index (χ3n) is 5.17. The Morgan fingerprint density at radius 1 is 1.09 bits per heavy atom. The number of carbonyl (C=O) groups excluding carboxylic acids is 2. The molecule has 2 aromatic carbocycles. The molecule has 1 heterocycles. The fourth-order valence-corrected chi connectivity index (χ4v) is 3.38. The predicted molar refractivity (Wildman–Crippen MR) is 125 cm³/mol. The molecule has 2 N–H and O–H groups in total. The fraction of sp³-hybridized carbons (Fsp3) is 0.333. The molecule has 0 aliphatic heterocycles. The third-order valence-corrected chi connectivity index (χ3v) is 5.17. The Morgan fingerprint density at radius 2 is 1.88 bits per heavy atom. The van der Waals surface area contributed by atoms with Gasteiger partial charge < -0.3 is 29.6 Å². The molecular formula is C24H30N4O4. The lowest BCUT2D eigenvalue weighted by molar-refractivity contribution is -0.129. The summed E-state index contributed by atoms with van der Waals surface area (Å²) < 4.78 is 12.8. The van der Waals surface area contributed by atoms with Crippen molar-refractivity contribution >= 4 is 28.5 Å². The van der Waals surface area contributed by atoms with E-state index in [9.17, 15) is 9.59 Å². The number of amides is 3. The highest BCUT2D eigenvalue weighted by molar-refractivity contribution is 5.93. The van der Waals surface area contributed by atoms with Crippen molar-refractivity contribution in [2.75, 3.05) is 33.1 Å². The number of hydrogen-bond donors (Lipinski definition) is 2. The van der Waals surface area contributed by atoms with Crippen molar-refractivity contribution < 1.29 is 19.1 Å². The van der Waals surface area contributed by atoms with E-state index in [4.69, 9.17) is 9.47 Å². The molecular weight excluding hydrogens is 408 g/mol. The zero-order valence-corrected chi connectivity index (χ0v) is 19.1. The van der Waals surface area contributed by atoms with Crippen molar-refractivity contribution in [3.8, 4) is 11.5 Å². The first-order valence-electron chi connectivity index (χ1n) is 10.5. The molecule has 0 fully saturated rings. The number of aromatic nitrogens is 1. The maximum absolute atomic E-state index is 12.5. The van der Waals surface area contributed by atoms with Crippen LogP contribution in [0.5, 0.6) is 11.5 Å². The normalized spacial score (nSPS) is 11.7. The maximum Gasteiger partial charge on any atom is 0.319 e. The van der Waals surface area contributed by atoms with E-state index < -0.39 is 0 Å². The minimum atomic E-state index is -0.313. The molecule has 0 aliphatic rings. The number of methoxy groups -OCH3 is 1. The van der Waals surface area contributed by atoms with Gasteiger partial charge in [0.15, 0.2) is 11.5 Å². The van der Waals surface area contributed by atoms with Gasteiger partial charge in [0.25, 0.3) is 0 Å². The first kappa shape index (κ1) is 23.0. The Hall–Kier alpha value is -3.68. The number of rotatable bonds is 8. The van der Waals surface area contributed by atoms with E-state index in [0.717, 1.165) is 16.5 Å². The van der Waals surface area contributed by atoms with Crippen molar-refractivity contribution in [3.05, 3.63) is 54.2 Å². The van der Waals surface area contributed by atoms with E-state index >= 15 is 0 Å². The van der Waals surface area contributed by atoms with Gasteiger partial charge in [-0.25, -0.2) is 4.79 Å². The largest absolute Gasteiger partial charge is 0.493 e. The van der Waals surface area contributed by atoms with E-state index in [1.54, 1.807) is 26.1 Å². The Kier molecular flexibility index (Phi) is 7.25. The zero-order chi connectivity index (χ0) is 23.3.